The standard InChI is InChI=1S/C12H17ClFNO2/c1-3-15-7-12(2,16)8-17-9-4-5-11(14)10(13)6-9/h4-6,15-16H,3,7-8H2,1-2H3. The first-order valence-electron chi connectivity index (χ1n) is 5.45. The normalized spacial score (nSPS) is 14.4. The van der Waals surface area contributed by atoms with Crippen LogP contribution in [-0.2, 0) is 0 Å². The molecule has 0 bridgehead atoms. The topological polar surface area (TPSA) is 41.5 Å². The summed E-state index contributed by atoms with van der Waals surface area (Å²) >= 11 is 5.62. The highest BCUT2D eigenvalue weighted by Crippen LogP contribution is 2.21. The van der Waals surface area contributed by atoms with E-state index < -0.39 is 11.4 Å². The molecule has 1 unspecified atom stereocenters. The first-order chi connectivity index (χ1) is 7.94. The van der Waals surface area contributed by atoms with Gasteiger partial charge in [-0.15, -0.1) is 0 Å². The minimum Gasteiger partial charge on any atom is -0.490 e. The maximum Gasteiger partial charge on any atom is 0.142 e. The van der Waals surface area contributed by atoms with Crippen molar-refractivity contribution in [3.05, 3.63) is 29.0 Å². The van der Waals surface area contributed by atoms with Crippen LogP contribution in [0, 0.1) is 5.82 Å². The average Bonchev–Trinajstić information content (AvgIpc) is 2.28. The van der Waals surface area contributed by atoms with Crippen molar-refractivity contribution < 1.29 is 14.2 Å². The predicted octanol–water partition coefficient (Wildman–Crippen LogP) is 2.22. The molecule has 0 saturated heterocycles. The molecule has 0 saturated carbocycles. The molecule has 1 aromatic carbocycles. The molecule has 0 fully saturated rings. The molecule has 1 atom stereocenters. The largest absolute Gasteiger partial charge is 0.490 e. The van der Waals surface area contributed by atoms with E-state index in [0.29, 0.717) is 12.3 Å². The highest BCUT2D eigenvalue weighted by molar-refractivity contribution is 6.30. The van der Waals surface area contributed by atoms with Gasteiger partial charge in [0.2, 0.25) is 0 Å². The lowest BCUT2D eigenvalue weighted by molar-refractivity contribution is 0.0127. The summed E-state index contributed by atoms with van der Waals surface area (Å²) in [5.41, 5.74) is -0.975. The van der Waals surface area contributed by atoms with Crippen LogP contribution in [0.15, 0.2) is 18.2 Å². The zero-order valence-corrected chi connectivity index (χ0v) is 10.7. The summed E-state index contributed by atoms with van der Waals surface area (Å²) in [4.78, 5) is 0. The zero-order valence-electron chi connectivity index (χ0n) is 9.96. The number of nitrogens with one attached hydrogen (secondary N) is 1. The van der Waals surface area contributed by atoms with Gasteiger partial charge < -0.3 is 15.2 Å². The third kappa shape index (κ3) is 4.89. The number of likely N-dealkylation sites (N-methyl/N-ethyl adjacent to an activating group) is 1. The van der Waals surface area contributed by atoms with Crippen molar-refractivity contribution in [1.82, 2.24) is 5.32 Å². The molecule has 1 aromatic rings. The fourth-order valence-electron chi connectivity index (χ4n) is 1.25. The maximum absolute atomic E-state index is 12.9. The van der Waals surface area contributed by atoms with Crippen LogP contribution in [-0.4, -0.2) is 30.4 Å². The molecule has 0 aliphatic heterocycles. The van der Waals surface area contributed by atoms with Gasteiger partial charge in [0.1, 0.15) is 23.8 Å². The van der Waals surface area contributed by atoms with Gasteiger partial charge in [0.15, 0.2) is 0 Å². The summed E-state index contributed by atoms with van der Waals surface area (Å²) < 4.78 is 18.3. The Hall–Kier alpha value is -0.840. The van der Waals surface area contributed by atoms with Crippen LogP contribution in [0.2, 0.25) is 5.02 Å². The lowest BCUT2D eigenvalue weighted by Crippen LogP contribution is -2.42. The van der Waals surface area contributed by atoms with E-state index in [-0.39, 0.29) is 11.6 Å². The summed E-state index contributed by atoms with van der Waals surface area (Å²) in [5, 5.41) is 13.0. The molecule has 3 nitrogen and oxygen atoms in total. The van der Waals surface area contributed by atoms with Crippen molar-refractivity contribution in [1.29, 1.82) is 0 Å². The fourth-order valence-corrected chi connectivity index (χ4v) is 1.42. The Balaban J connectivity index is 2.51. The molecule has 1 rings (SSSR count). The van der Waals surface area contributed by atoms with Crippen LogP contribution in [0.4, 0.5) is 4.39 Å². The zero-order chi connectivity index (χ0) is 12.9. The second-order valence-corrected chi connectivity index (χ2v) is 4.55. The molecular weight excluding hydrogens is 245 g/mol. The highest BCUT2D eigenvalue weighted by atomic mass is 35.5. The van der Waals surface area contributed by atoms with E-state index in [1.54, 1.807) is 6.92 Å². The first kappa shape index (κ1) is 14.2. The van der Waals surface area contributed by atoms with Crippen LogP contribution < -0.4 is 10.1 Å². The Labute approximate surface area is 106 Å². The first-order valence-corrected chi connectivity index (χ1v) is 5.83. The number of hydrogen-bond donors (Lipinski definition) is 2. The monoisotopic (exact) mass is 261 g/mol. The van der Waals surface area contributed by atoms with Crippen molar-refractivity contribution in [3.8, 4) is 5.75 Å². The quantitative estimate of drug-likeness (QED) is 0.825. The minimum atomic E-state index is -0.975. The number of aliphatic hydroxyl groups is 1. The number of halogens is 2. The van der Waals surface area contributed by atoms with E-state index >= 15 is 0 Å². The van der Waals surface area contributed by atoms with Crippen molar-refractivity contribution >= 4 is 11.6 Å². The molecule has 2 N–H and O–H groups in total. The third-order valence-corrected chi connectivity index (χ3v) is 2.49. The fraction of sp³-hybridized carbons (Fsp3) is 0.500. The summed E-state index contributed by atoms with van der Waals surface area (Å²) in [6.45, 7) is 4.94. The molecule has 0 heterocycles. The Morgan fingerprint density at radius 1 is 1.53 bits per heavy atom. The smallest absolute Gasteiger partial charge is 0.142 e. The van der Waals surface area contributed by atoms with Crippen LogP contribution in [0.25, 0.3) is 0 Å². The van der Waals surface area contributed by atoms with Gasteiger partial charge in [-0.25, -0.2) is 4.39 Å². The van der Waals surface area contributed by atoms with Crippen molar-refractivity contribution in [2.45, 2.75) is 19.4 Å². The van der Waals surface area contributed by atoms with Crippen LogP contribution in [0.5, 0.6) is 5.75 Å². The van der Waals surface area contributed by atoms with Crippen molar-refractivity contribution in [2.24, 2.45) is 0 Å². The number of benzene rings is 1. The van der Waals surface area contributed by atoms with Crippen molar-refractivity contribution in [3.63, 3.8) is 0 Å². The Bertz CT molecular complexity index is 372. The van der Waals surface area contributed by atoms with Gasteiger partial charge in [0.25, 0.3) is 0 Å². The highest BCUT2D eigenvalue weighted by Gasteiger charge is 2.20. The molecule has 0 aromatic heterocycles. The molecule has 96 valence electrons. The molecule has 0 spiro atoms. The summed E-state index contributed by atoms with van der Waals surface area (Å²) in [6.07, 6.45) is 0. The maximum atomic E-state index is 12.9. The molecule has 0 aliphatic carbocycles. The number of hydrogen-bond acceptors (Lipinski definition) is 3. The van der Waals surface area contributed by atoms with Gasteiger partial charge in [-0.05, 0) is 25.6 Å². The van der Waals surface area contributed by atoms with E-state index in [9.17, 15) is 9.50 Å². The molecule has 5 heteroatoms. The number of ether oxygens (including phenoxy) is 1. The molecule has 0 radical (unpaired) electrons. The van der Waals surface area contributed by atoms with Gasteiger partial charge in [-0.1, -0.05) is 18.5 Å². The SMILES string of the molecule is CCNCC(C)(O)COc1ccc(F)c(Cl)c1. The molecule has 0 aliphatic rings. The summed E-state index contributed by atoms with van der Waals surface area (Å²) in [7, 11) is 0. The van der Waals surface area contributed by atoms with Crippen LogP contribution in [0.3, 0.4) is 0 Å². The van der Waals surface area contributed by atoms with E-state index in [2.05, 4.69) is 5.32 Å². The van der Waals surface area contributed by atoms with Crippen LogP contribution in [0.1, 0.15) is 13.8 Å². The summed E-state index contributed by atoms with van der Waals surface area (Å²) in [6, 6.07) is 4.10. The third-order valence-electron chi connectivity index (χ3n) is 2.20. The van der Waals surface area contributed by atoms with E-state index in [0.717, 1.165) is 6.54 Å². The van der Waals surface area contributed by atoms with Gasteiger partial charge in [-0.3, -0.25) is 0 Å². The Morgan fingerprint density at radius 3 is 2.82 bits per heavy atom. The lowest BCUT2D eigenvalue weighted by Gasteiger charge is -2.23. The van der Waals surface area contributed by atoms with Crippen LogP contribution >= 0.6 is 11.6 Å². The van der Waals surface area contributed by atoms with Gasteiger partial charge in [0.05, 0.1) is 5.02 Å². The minimum absolute atomic E-state index is 0.00817. The number of rotatable bonds is 6. The Kier molecular flexibility index (Phi) is 5.18. The van der Waals surface area contributed by atoms with E-state index in [1.165, 1.54) is 18.2 Å². The van der Waals surface area contributed by atoms with Gasteiger partial charge in [-0.2, -0.15) is 0 Å². The summed E-state index contributed by atoms with van der Waals surface area (Å²) in [5.74, 6) is -0.0494. The average molecular weight is 262 g/mol. The van der Waals surface area contributed by atoms with Crippen molar-refractivity contribution in [2.75, 3.05) is 19.7 Å². The van der Waals surface area contributed by atoms with E-state index in [1.807, 2.05) is 6.92 Å². The second-order valence-electron chi connectivity index (χ2n) is 4.14. The van der Waals surface area contributed by atoms with Gasteiger partial charge in [0, 0.05) is 12.6 Å². The Morgan fingerprint density at radius 2 is 2.24 bits per heavy atom. The van der Waals surface area contributed by atoms with E-state index in [4.69, 9.17) is 16.3 Å². The molecular formula is C12H17ClFNO2. The molecule has 17 heavy (non-hydrogen) atoms. The predicted molar refractivity (Wildman–Crippen MR) is 66.1 cm³/mol. The second kappa shape index (κ2) is 6.19. The molecule has 0 amide bonds. The lowest BCUT2D eigenvalue weighted by atomic mass is 10.1. The van der Waals surface area contributed by atoms with Gasteiger partial charge >= 0.3 is 0 Å².